The quantitative estimate of drug-likeness (QED) is 0.632. The average Bonchev–Trinajstić information content (AvgIpc) is 2.71. The molecule has 1 aliphatic heterocycles. The lowest BCUT2D eigenvalue weighted by atomic mass is 10.1. The predicted molar refractivity (Wildman–Crippen MR) is 101 cm³/mol. The lowest BCUT2D eigenvalue weighted by Crippen LogP contribution is -3.16. The van der Waals surface area contributed by atoms with Gasteiger partial charge in [-0.15, -0.1) is 0 Å². The molecule has 2 aromatic carbocycles. The third kappa shape index (κ3) is 5.46. The monoisotopic (exact) mass is 358 g/mol. The van der Waals surface area contributed by atoms with Crippen LogP contribution in [0.4, 0.5) is 0 Å². The molecule has 0 bridgehead atoms. The molecule has 0 radical (unpaired) electrons. The first-order valence-electron chi connectivity index (χ1n) is 9.42. The van der Waals surface area contributed by atoms with Crippen LogP contribution in [0.25, 0.3) is 0 Å². The maximum Gasteiger partial charge on any atom is 0.170 e. The number of rotatable bonds is 9. The minimum absolute atomic E-state index is 0.548. The van der Waals surface area contributed by atoms with Gasteiger partial charge < -0.3 is 24.4 Å². The highest BCUT2D eigenvalue weighted by Crippen LogP contribution is 2.31. The van der Waals surface area contributed by atoms with Crippen molar-refractivity contribution in [3.63, 3.8) is 0 Å². The molecule has 1 fully saturated rings. The Morgan fingerprint density at radius 1 is 1.04 bits per heavy atom. The third-order valence-corrected chi connectivity index (χ3v) is 4.77. The number of hydrogen-bond acceptors (Lipinski definition) is 3. The molecule has 0 atom stereocenters. The topological polar surface area (TPSA) is 48.7 Å². The average molecular weight is 358 g/mol. The molecule has 2 aromatic rings. The number of nitrogens with one attached hydrogen (secondary N) is 1. The van der Waals surface area contributed by atoms with E-state index in [2.05, 4.69) is 23.5 Å². The van der Waals surface area contributed by atoms with Crippen LogP contribution in [0.3, 0.4) is 0 Å². The predicted octanol–water partition coefficient (Wildman–Crippen LogP) is 0.253. The van der Waals surface area contributed by atoms with Crippen molar-refractivity contribution in [2.75, 3.05) is 46.5 Å². The van der Waals surface area contributed by atoms with Crippen molar-refractivity contribution >= 4 is 0 Å². The summed E-state index contributed by atoms with van der Waals surface area (Å²) >= 11 is 0. The van der Waals surface area contributed by atoms with Crippen LogP contribution in [0, 0.1) is 0 Å². The van der Waals surface area contributed by atoms with Crippen LogP contribution in [0.15, 0.2) is 48.5 Å². The minimum atomic E-state index is 0.548. The Morgan fingerprint density at radius 2 is 1.85 bits per heavy atom. The number of methoxy groups -OCH3 is 1. The molecule has 0 spiro atoms. The van der Waals surface area contributed by atoms with Gasteiger partial charge in [-0.2, -0.15) is 0 Å². The molecule has 1 aliphatic rings. The van der Waals surface area contributed by atoms with Crippen LogP contribution in [-0.4, -0.2) is 46.5 Å². The molecule has 1 saturated heterocycles. The first-order valence-corrected chi connectivity index (χ1v) is 9.42. The van der Waals surface area contributed by atoms with E-state index in [4.69, 9.17) is 14.2 Å². The number of para-hydroxylation sites is 1. The minimum Gasteiger partial charge on any atom is -0.493 e. The van der Waals surface area contributed by atoms with Crippen LogP contribution in [-0.2, 0) is 17.9 Å². The zero-order valence-corrected chi connectivity index (χ0v) is 15.6. The van der Waals surface area contributed by atoms with Crippen molar-refractivity contribution in [1.29, 1.82) is 0 Å². The van der Waals surface area contributed by atoms with Crippen LogP contribution in [0.2, 0.25) is 0 Å². The zero-order chi connectivity index (χ0) is 18.0. The van der Waals surface area contributed by atoms with Gasteiger partial charge >= 0.3 is 0 Å². The molecule has 0 amide bonds. The van der Waals surface area contributed by atoms with Gasteiger partial charge in [-0.25, -0.2) is 0 Å². The van der Waals surface area contributed by atoms with Crippen LogP contribution in [0.5, 0.6) is 11.5 Å². The van der Waals surface area contributed by atoms with Gasteiger partial charge in [0.1, 0.15) is 39.3 Å². The van der Waals surface area contributed by atoms with E-state index in [0.717, 1.165) is 56.5 Å². The summed E-state index contributed by atoms with van der Waals surface area (Å²) < 4.78 is 17.1. The lowest BCUT2D eigenvalue weighted by Gasteiger charge is -2.23. The largest absolute Gasteiger partial charge is 0.493 e. The summed E-state index contributed by atoms with van der Waals surface area (Å²) in [7, 11) is 1.69. The van der Waals surface area contributed by atoms with Gasteiger partial charge in [0.15, 0.2) is 11.5 Å². The van der Waals surface area contributed by atoms with E-state index in [-0.39, 0.29) is 0 Å². The first kappa shape index (κ1) is 18.7. The Morgan fingerprint density at radius 3 is 2.62 bits per heavy atom. The maximum atomic E-state index is 6.13. The van der Waals surface area contributed by atoms with Crippen molar-refractivity contribution in [3.05, 3.63) is 59.7 Å². The Bertz CT molecular complexity index is 658. The van der Waals surface area contributed by atoms with Crippen LogP contribution in [0.1, 0.15) is 11.1 Å². The molecule has 1 heterocycles. The van der Waals surface area contributed by atoms with Crippen molar-refractivity contribution in [2.45, 2.75) is 13.2 Å². The van der Waals surface area contributed by atoms with Gasteiger partial charge in [-0.05, 0) is 17.7 Å². The van der Waals surface area contributed by atoms with E-state index in [1.54, 1.807) is 12.0 Å². The molecular formula is C21H30N2O3+2. The molecular weight excluding hydrogens is 328 g/mol. The Kier molecular flexibility index (Phi) is 7.31. The van der Waals surface area contributed by atoms with Crippen molar-refractivity contribution < 1.29 is 24.4 Å². The fourth-order valence-corrected chi connectivity index (χ4v) is 3.25. The summed E-state index contributed by atoms with van der Waals surface area (Å²) in [4.78, 5) is 1.64. The molecule has 0 unspecified atom stereocenters. The smallest absolute Gasteiger partial charge is 0.170 e. The summed E-state index contributed by atoms with van der Waals surface area (Å²) in [6.07, 6.45) is 0. The van der Waals surface area contributed by atoms with Gasteiger partial charge in [-0.1, -0.05) is 36.4 Å². The Hall–Kier alpha value is -2.08. The normalized spacial score (nSPS) is 15.0. The fraction of sp³-hybridized carbons (Fsp3) is 0.429. The molecule has 5 nitrogen and oxygen atoms in total. The number of quaternary nitrogens is 2. The number of morpholine rings is 1. The Labute approximate surface area is 155 Å². The fourth-order valence-electron chi connectivity index (χ4n) is 3.25. The molecule has 140 valence electrons. The molecule has 0 saturated carbocycles. The highest BCUT2D eigenvalue weighted by molar-refractivity contribution is 5.46. The number of ether oxygens (including phenoxy) is 3. The standard InChI is InChI=1S/C21H28N2O3/c1-24-20-9-5-8-19(16-22-10-11-23-12-14-25-15-13-23)21(20)26-17-18-6-3-2-4-7-18/h2-9,22H,10-17H2,1H3/p+2. The van der Waals surface area contributed by atoms with Gasteiger partial charge in [0.05, 0.1) is 25.9 Å². The van der Waals surface area contributed by atoms with Gasteiger partial charge in [0, 0.05) is 0 Å². The van der Waals surface area contributed by atoms with Gasteiger partial charge in [0.2, 0.25) is 0 Å². The summed E-state index contributed by atoms with van der Waals surface area (Å²) in [5, 5.41) is 2.35. The van der Waals surface area contributed by atoms with E-state index in [1.165, 1.54) is 12.1 Å². The second-order valence-electron chi connectivity index (χ2n) is 6.62. The maximum absolute atomic E-state index is 6.13. The van der Waals surface area contributed by atoms with E-state index in [0.29, 0.717) is 6.61 Å². The summed E-state index contributed by atoms with van der Waals surface area (Å²) in [5.74, 6) is 1.65. The summed E-state index contributed by atoms with van der Waals surface area (Å²) in [6.45, 7) is 7.75. The van der Waals surface area contributed by atoms with E-state index in [9.17, 15) is 0 Å². The Balaban J connectivity index is 1.55. The van der Waals surface area contributed by atoms with Crippen molar-refractivity contribution in [1.82, 2.24) is 0 Å². The molecule has 26 heavy (non-hydrogen) atoms. The zero-order valence-electron chi connectivity index (χ0n) is 15.6. The molecule has 0 aromatic heterocycles. The number of hydrogen-bond donors (Lipinski definition) is 2. The van der Waals surface area contributed by atoms with Crippen LogP contribution >= 0.6 is 0 Å². The van der Waals surface area contributed by atoms with Crippen LogP contribution < -0.4 is 19.7 Å². The summed E-state index contributed by atoms with van der Waals surface area (Å²) in [5.41, 5.74) is 2.33. The van der Waals surface area contributed by atoms with Gasteiger partial charge in [-0.3, -0.25) is 0 Å². The second kappa shape index (κ2) is 10.2. The molecule has 3 rings (SSSR count). The second-order valence-corrected chi connectivity index (χ2v) is 6.62. The summed E-state index contributed by atoms with van der Waals surface area (Å²) in [6, 6.07) is 16.3. The SMILES string of the molecule is COc1cccc(C[NH2+]CC[NH+]2CCOCC2)c1OCc1ccccc1. The molecule has 3 N–H and O–H groups in total. The van der Waals surface area contributed by atoms with E-state index in [1.807, 2.05) is 30.3 Å². The lowest BCUT2D eigenvalue weighted by molar-refractivity contribution is -0.920. The molecule has 0 aliphatic carbocycles. The third-order valence-electron chi connectivity index (χ3n) is 4.77. The number of nitrogens with two attached hydrogens (primary N) is 1. The van der Waals surface area contributed by atoms with E-state index < -0.39 is 0 Å². The highest BCUT2D eigenvalue weighted by atomic mass is 16.5. The highest BCUT2D eigenvalue weighted by Gasteiger charge is 2.15. The first-order chi connectivity index (χ1) is 12.9. The van der Waals surface area contributed by atoms with Gasteiger partial charge in [0.25, 0.3) is 0 Å². The van der Waals surface area contributed by atoms with Crippen molar-refractivity contribution in [2.24, 2.45) is 0 Å². The van der Waals surface area contributed by atoms with Crippen molar-refractivity contribution in [3.8, 4) is 11.5 Å². The van der Waals surface area contributed by atoms with E-state index >= 15 is 0 Å². The molecule has 5 heteroatoms. The number of benzene rings is 2.